The second-order valence-corrected chi connectivity index (χ2v) is 5.15. The van der Waals surface area contributed by atoms with E-state index in [1.54, 1.807) is 13.4 Å². The summed E-state index contributed by atoms with van der Waals surface area (Å²) >= 11 is 0. The minimum atomic E-state index is 0. The Hall–Kier alpha value is -2.04. The maximum Gasteiger partial charge on any atom is 0.231 e. The third-order valence-corrected chi connectivity index (χ3v) is 3.59. The number of rotatable bonds is 5. The number of guanidine groups is 1. The van der Waals surface area contributed by atoms with Crippen molar-refractivity contribution in [2.75, 3.05) is 20.4 Å². The fourth-order valence-corrected chi connectivity index (χ4v) is 2.27. The molecular formula is C15H21IN6O2. The van der Waals surface area contributed by atoms with Crippen molar-refractivity contribution in [3.63, 3.8) is 0 Å². The second-order valence-electron chi connectivity index (χ2n) is 5.15. The van der Waals surface area contributed by atoms with Gasteiger partial charge in [0.2, 0.25) is 6.79 Å². The van der Waals surface area contributed by atoms with Gasteiger partial charge >= 0.3 is 0 Å². The van der Waals surface area contributed by atoms with Crippen molar-refractivity contribution in [2.45, 2.75) is 13.0 Å². The fourth-order valence-electron chi connectivity index (χ4n) is 2.27. The minimum absolute atomic E-state index is 0. The zero-order chi connectivity index (χ0) is 16.1. The molecule has 2 aromatic rings. The van der Waals surface area contributed by atoms with Crippen LogP contribution in [0.4, 0.5) is 0 Å². The highest BCUT2D eigenvalue weighted by atomic mass is 127. The Morgan fingerprint density at radius 2 is 2.12 bits per heavy atom. The first-order valence-corrected chi connectivity index (χ1v) is 7.42. The van der Waals surface area contributed by atoms with Gasteiger partial charge in [-0.15, -0.1) is 34.2 Å². The van der Waals surface area contributed by atoms with E-state index >= 15 is 0 Å². The first-order valence-electron chi connectivity index (χ1n) is 7.42. The van der Waals surface area contributed by atoms with Gasteiger partial charge in [-0.3, -0.25) is 4.99 Å². The Morgan fingerprint density at radius 3 is 2.88 bits per heavy atom. The van der Waals surface area contributed by atoms with Gasteiger partial charge in [0.05, 0.1) is 6.54 Å². The molecule has 0 spiro atoms. The van der Waals surface area contributed by atoms with Crippen molar-refractivity contribution < 1.29 is 9.47 Å². The highest BCUT2D eigenvalue weighted by Gasteiger charge is 2.13. The molecule has 0 radical (unpaired) electrons. The maximum atomic E-state index is 5.38. The van der Waals surface area contributed by atoms with E-state index in [-0.39, 0.29) is 24.0 Å². The van der Waals surface area contributed by atoms with Crippen molar-refractivity contribution in [1.82, 2.24) is 25.4 Å². The molecule has 2 N–H and O–H groups in total. The number of halogens is 1. The van der Waals surface area contributed by atoms with E-state index in [0.29, 0.717) is 13.3 Å². The summed E-state index contributed by atoms with van der Waals surface area (Å²) in [7, 11) is 3.65. The van der Waals surface area contributed by atoms with Crippen molar-refractivity contribution in [3.05, 3.63) is 35.9 Å². The van der Waals surface area contributed by atoms with Gasteiger partial charge in [0.1, 0.15) is 6.33 Å². The van der Waals surface area contributed by atoms with E-state index in [1.165, 1.54) is 5.56 Å². The Morgan fingerprint density at radius 1 is 1.29 bits per heavy atom. The minimum Gasteiger partial charge on any atom is -0.454 e. The first-order chi connectivity index (χ1) is 11.3. The highest BCUT2D eigenvalue weighted by Crippen LogP contribution is 2.32. The summed E-state index contributed by atoms with van der Waals surface area (Å²) in [5, 5.41) is 14.4. The van der Waals surface area contributed by atoms with Gasteiger partial charge in [0.25, 0.3) is 0 Å². The molecule has 9 heteroatoms. The molecule has 1 aromatic heterocycles. The lowest BCUT2D eigenvalue weighted by Crippen LogP contribution is -2.38. The number of aliphatic imine (C=N–C) groups is 1. The zero-order valence-electron chi connectivity index (χ0n) is 13.7. The molecule has 3 rings (SSSR count). The van der Waals surface area contributed by atoms with Gasteiger partial charge in [-0.25, -0.2) is 0 Å². The Kier molecular flexibility index (Phi) is 6.64. The average molecular weight is 444 g/mol. The molecule has 24 heavy (non-hydrogen) atoms. The lowest BCUT2D eigenvalue weighted by molar-refractivity contribution is 0.174. The normalized spacial score (nSPS) is 12.7. The van der Waals surface area contributed by atoms with Crippen molar-refractivity contribution in [2.24, 2.45) is 12.0 Å². The van der Waals surface area contributed by atoms with Crippen LogP contribution < -0.4 is 20.1 Å². The molecule has 0 fully saturated rings. The van der Waals surface area contributed by atoms with E-state index in [1.807, 2.05) is 29.8 Å². The van der Waals surface area contributed by atoms with Crippen LogP contribution in [-0.4, -0.2) is 41.1 Å². The summed E-state index contributed by atoms with van der Waals surface area (Å²) in [6, 6.07) is 6.00. The molecule has 0 aliphatic carbocycles. The van der Waals surface area contributed by atoms with Gasteiger partial charge in [-0.05, 0) is 24.1 Å². The molecule has 1 aliphatic heterocycles. The van der Waals surface area contributed by atoms with E-state index in [4.69, 9.17) is 9.47 Å². The molecule has 2 heterocycles. The number of hydrogen-bond acceptors (Lipinski definition) is 5. The van der Waals surface area contributed by atoms with Crippen LogP contribution in [0.1, 0.15) is 11.4 Å². The van der Waals surface area contributed by atoms with Crippen LogP contribution in [0.2, 0.25) is 0 Å². The average Bonchev–Trinajstić information content (AvgIpc) is 3.19. The predicted octanol–water partition coefficient (Wildman–Crippen LogP) is 1.07. The SMILES string of the molecule is CN=C(NCCc1ccc2c(c1)OCO2)NCc1nncn1C.I. The van der Waals surface area contributed by atoms with E-state index in [0.717, 1.165) is 36.2 Å². The molecule has 1 aliphatic rings. The molecule has 0 saturated heterocycles. The molecular weight excluding hydrogens is 423 g/mol. The standard InChI is InChI=1S/C15H20N6O2.HI/c1-16-15(18-8-14-20-19-9-21(14)2)17-6-5-11-3-4-12-13(7-11)23-10-22-12;/h3-4,7,9H,5-6,8,10H2,1-2H3,(H2,16,17,18);1H. The lowest BCUT2D eigenvalue weighted by Gasteiger charge is -2.11. The smallest absolute Gasteiger partial charge is 0.231 e. The largest absolute Gasteiger partial charge is 0.454 e. The highest BCUT2D eigenvalue weighted by molar-refractivity contribution is 14.0. The number of nitrogens with zero attached hydrogens (tertiary/aromatic N) is 4. The summed E-state index contributed by atoms with van der Waals surface area (Å²) in [6.07, 6.45) is 2.54. The number of benzene rings is 1. The number of fused-ring (bicyclic) bond motifs is 1. The third-order valence-electron chi connectivity index (χ3n) is 3.59. The lowest BCUT2D eigenvalue weighted by atomic mass is 10.1. The van der Waals surface area contributed by atoms with Gasteiger partial charge in [0.15, 0.2) is 23.3 Å². The summed E-state index contributed by atoms with van der Waals surface area (Å²) < 4.78 is 12.6. The van der Waals surface area contributed by atoms with Crippen molar-refractivity contribution >= 4 is 29.9 Å². The van der Waals surface area contributed by atoms with Crippen LogP contribution in [0.5, 0.6) is 11.5 Å². The Labute approximate surface area is 157 Å². The number of ether oxygens (including phenoxy) is 2. The van der Waals surface area contributed by atoms with Crippen molar-refractivity contribution in [1.29, 1.82) is 0 Å². The summed E-state index contributed by atoms with van der Waals surface area (Å²) in [5.74, 6) is 3.20. The van der Waals surface area contributed by atoms with Gasteiger partial charge in [-0.2, -0.15) is 0 Å². The molecule has 0 atom stereocenters. The van der Waals surface area contributed by atoms with Crippen LogP contribution in [0, 0.1) is 0 Å². The summed E-state index contributed by atoms with van der Waals surface area (Å²) in [6.45, 7) is 1.63. The third kappa shape index (κ3) is 4.49. The van der Waals surface area contributed by atoms with Crippen LogP contribution in [-0.2, 0) is 20.0 Å². The summed E-state index contributed by atoms with van der Waals surface area (Å²) in [5.41, 5.74) is 1.19. The van der Waals surface area contributed by atoms with E-state index in [9.17, 15) is 0 Å². The number of aryl methyl sites for hydroxylation is 1. The maximum absolute atomic E-state index is 5.38. The van der Waals surface area contributed by atoms with Crippen LogP contribution in [0.25, 0.3) is 0 Å². The van der Waals surface area contributed by atoms with E-state index in [2.05, 4.69) is 25.8 Å². The quantitative estimate of drug-likeness (QED) is 0.408. The molecule has 0 bridgehead atoms. The number of hydrogen-bond donors (Lipinski definition) is 2. The molecule has 0 amide bonds. The van der Waals surface area contributed by atoms with Gasteiger partial charge in [-0.1, -0.05) is 6.07 Å². The fraction of sp³-hybridized carbons (Fsp3) is 0.400. The van der Waals surface area contributed by atoms with Gasteiger partial charge < -0.3 is 24.7 Å². The molecule has 8 nitrogen and oxygen atoms in total. The van der Waals surface area contributed by atoms with Crippen molar-refractivity contribution in [3.8, 4) is 11.5 Å². The number of nitrogens with one attached hydrogen (secondary N) is 2. The topological polar surface area (TPSA) is 85.6 Å². The Balaban J connectivity index is 0.00000208. The summed E-state index contributed by atoms with van der Waals surface area (Å²) in [4.78, 5) is 4.20. The molecule has 1 aromatic carbocycles. The van der Waals surface area contributed by atoms with E-state index < -0.39 is 0 Å². The predicted molar refractivity (Wildman–Crippen MR) is 101 cm³/mol. The van der Waals surface area contributed by atoms with Crippen LogP contribution >= 0.6 is 24.0 Å². The molecule has 0 unspecified atom stereocenters. The Bertz CT molecular complexity index is 703. The van der Waals surface area contributed by atoms with Crippen LogP contribution in [0.3, 0.4) is 0 Å². The van der Waals surface area contributed by atoms with Gasteiger partial charge in [0, 0.05) is 20.6 Å². The molecule has 130 valence electrons. The van der Waals surface area contributed by atoms with Crippen LogP contribution in [0.15, 0.2) is 29.5 Å². The zero-order valence-corrected chi connectivity index (χ0v) is 16.0. The second kappa shape index (κ2) is 8.71. The number of aromatic nitrogens is 3. The molecule has 0 saturated carbocycles. The monoisotopic (exact) mass is 444 g/mol. The first kappa shape index (κ1) is 18.3.